The SMILES string of the molecule is CC(C)(C)OC(=O)CNCC(O)c1ccc(OC(=O)Cc2ccc(F)cc2)cc1. The number of hydrogen-bond donors (Lipinski definition) is 2. The van der Waals surface area contributed by atoms with E-state index >= 15 is 0 Å². The highest BCUT2D eigenvalue weighted by Crippen LogP contribution is 2.18. The summed E-state index contributed by atoms with van der Waals surface area (Å²) in [5.41, 5.74) is 0.709. The average molecular weight is 403 g/mol. The lowest BCUT2D eigenvalue weighted by Crippen LogP contribution is -2.33. The molecule has 2 N–H and O–H groups in total. The van der Waals surface area contributed by atoms with Crippen LogP contribution in [0.3, 0.4) is 0 Å². The highest BCUT2D eigenvalue weighted by Gasteiger charge is 2.16. The molecule has 0 aromatic heterocycles. The molecular weight excluding hydrogens is 377 g/mol. The van der Waals surface area contributed by atoms with E-state index in [4.69, 9.17) is 9.47 Å². The number of benzene rings is 2. The predicted molar refractivity (Wildman–Crippen MR) is 106 cm³/mol. The van der Waals surface area contributed by atoms with Gasteiger partial charge in [0.15, 0.2) is 0 Å². The molecule has 0 aliphatic rings. The first-order chi connectivity index (χ1) is 13.6. The second kappa shape index (κ2) is 10.1. The average Bonchev–Trinajstić information content (AvgIpc) is 2.62. The first kappa shape index (κ1) is 22.5. The van der Waals surface area contributed by atoms with Crippen LogP contribution >= 0.6 is 0 Å². The topological polar surface area (TPSA) is 84.9 Å². The smallest absolute Gasteiger partial charge is 0.320 e. The molecule has 7 heteroatoms. The molecule has 29 heavy (non-hydrogen) atoms. The maximum atomic E-state index is 12.9. The van der Waals surface area contributed by atoms with E-state index in [-0.39, 0.29) is 25.3 Å². The zero-order valence-electron chi connectivity index (χ0n) is 16.8. The minimum Gasteiger partial charge on any atom is -0.459 e. The van der Waals surface area contributed by atoms with Crippen LogP contribution in [0.1, 0.15) is 38.0 Å². The summed E-state index contributed by atoms with van der Waals surface area (Å²) in [6.45, 7) is 5.52. The van der Waals surface area contributed by atoms with Gasteiger partial charge in [-0.15, -0.1) is 0 Å². The third kappa shape index (κ3) is 8.41. The van der Waals surface area contributed by atoms with Gasteiger partial charge in [-0.3, -0.25) is 9.59 Å². The van der Waals surface area contributed by atoms with Crippen LogP contribution < -0.4 is 10.1 Å². The van der Waals surface area contributed by atoms with Crippen molar-refractivity contribution >= 4 is 11.9 Å². The zero-order chi connectivity index (χ0) is 21.4. The standard InChI is InChI=1S/C22H26FNO5/c1-22(2,3)29-21(27)14-24-13-19(25)16-6-10-18(11-7-16)28-20(26)12-15-4-8-17(23)9-5-15/h4-11,19,24-25H,12-14H2,1-3H3. The summed E-state index contributed by atoms with van der Waals surface area (Å²) in [5.74, 6) is -0.885. The maximum Gasteiger partial charge on any atom is 0.320 e. The molecule has 6 nitrogen and oxygen atoms in total. The quantitative estimate of drug-likeness (QED) is 0.521. The highest BCUT2D eigenvalue weighted by molar-refractivity contribution is 5.75. The molecule has 0 saturated heterocycles. The molecule has 0 bridgehead atoms. The van der Waals surface area contributed by atoms with E-state index in [0.717, 1.165) is 0 Å². The Bertz CT molecular complexity index is 813. The van der Waals surface area contributed by atoms with Gasteiger partial charge in [0.05, 0.1) is 19.1 Å². The van der Waals surface area contributed by atoms with Crippen molar-refractivity contribution in [2.24, 2.45) is 0 Å². The summed E-state index contributed by atoms with van der Waals surface area (Å²) in [7, 11) is 0. The number of ether oxygens (including phenoxy) is 2. The summed E-state index contributed by atoms with van der Waals surface area (Å²) in [4.78, 5) is 23.6. The Morgan fingerprint density at radius 2 is 1.66 bits per heavy atom. The van der Waals surface area contributed by atoms with Crippen molar-refractivity contribution in [3.8, 4) is 5.75 Å². The van der Waals surface area contributed by atoms with Gasteiger partial charge in [0.1, 0.15) is 17.2 Å². The summed E-state index contributed by atoms with van der Waals surface area (Å²) in [5, 5.41) is 13.1. The van der Waals surface area contributed by atoms with Gasteiger partial charge < -0.3 is 19.9 Å². The van der Waals surface area contributed by atoms with Gasteiger partial charge >= 0.3 is 11.9 Å². The molecule has 0 spiro atoms. The van der Waals surface area contributed by atoms with Crippen molar-refractivity contribution < 1.29 is 28.6 Å². The number of hydrogen-bond acceptors (Lipinski definition) is 6. The van der Waals surface area contributed by atoms with Gasteiger partial charge in [-0.2, -0.15) is 0 Å². The molecule has 1 atom stereocenters. The van der Waals surface area contributed by atoms with Crippen LogP contribution in [0.4, 0.5) is 4.39 Å². The summed E-state index contributed by atoms with van der Waals surface area (Å²) in [6.07, 6.45) is -0.805. The highest BCUT2D eigenvalue weighted by atomic mass is 19.1. The lowest BCUT2D eigenvalue weighted by atomic mass is 10.1. The number of carbonyl (C=O) groups excluding carboxylic acids is 2. The van der Waals surface area contributed by atoms with Gasteiger partial charge in [0.25, 0.3) is 0 Å². The van der Waals surface area contributed by atoms with Crippen molar-refractivity contribution in [2.75, 3.05) is 13.1 Å². The Kier molecular flexibility index (Phi) is 7.87. The van der Waals surface area contributed by atoms with E-state index in [9.17, 15) is 19.1 Å². The molecule has 0 heterocycles. The number of carbonyl (C=O) groups is 2. The van der Waals surface area contributed by atoms with Gasteiger partial charge in [-0.05, 0) is 56.2 Å². The Hall–Kier alpha value is -2.77. The molecule has 0 saturated carbocycles. The normalized spacial score (nSPS) is 12.3. The van der Waals surface area contributed by atoms with E-state index in [2.05, 4.69) is 5.32 Å². The molecular formula is C22H26FNO5. The number of rotatable bonds is 8. The van der Waals surface area contributed by atoms with Gasteiger partial charge in [-0.1, -0.05) is 24.3 Å². The van der Waals surface area contributed by atoms with E-state index < -0.39 is 23.6 Å². The lowest BCUT2D eigenvalue weighted by molar-refractivity contribution is -0.153. The summed E-state index contributed by atoms with van der Waals surface area (Å²) >= 11 is 0. The van der Waals surface area contributed by atoms with Crippen molar-refractivity contribution in [1.82, 2.24) is 5.32 Å². The fourth-order valence-electron chi connectivity index (χ4n) is 2.50. The third-order valence-corrected chi connectivity index (χ3v) is 3.79. The molecule has 156 valence electrons. The van der Waals surface area contributed by atoms with Crippen molar-refractivity contribution in [1.29, 1.82) is 0 Å². The van der Waals surface area contributed by atoms with Crippen molar-refractivity contribution in [2.45, 2.75) is 38.9 Å². The van der Waals surface area contributed by atoms with E-state index in [1.165, 1.54) is 24.3 Å². The molecule has 0 aliphatic carbocycles. The fraction of sp³-hybridized carbons (Fsp3) is 0.364. The zero-order valence-corrected chi connectivity index (χ0v) is 16.8. The van der Waals surface area contributed by atoms with Crippen LogP contribution in [0.15, 0.2) is 48.5 Å². The van der Waals surface area contributed by atoms with E-state index in [1.807, 2.05) is 0 Å². The van der Waals surface area contributed by atoms with E-state index in [1.54, 1.807) is 45.0 Å². The number of halogens is 1. The maximum absolute atomic E-state index is 12.9. The first-order valence-electron chi connectivity index (χ1n) is 9.28. The lowest BCUT2D eigenvalue weighted by Gasteiger charge is -2.20. The molecule has 0 radical (unpaired) electrons. The predicted octanol–water partition coefficient (Wildman–Crippen LogP) is 2.94. The third-order valence-electron chi connectivity index (χ3n) is 3.79. The second-order valence-electron chi connectivity index (χ2n) is 7.58. The van der Waals surface area contributed by atoms with Crippen LogP contribution in [-0.2, 0) is 20.7 Å². The molecule has 0 aliphatic heterocycles. The first-order valence-corrected chi connectivity index (χ1v) is 9.28. The van der Waals surface area contributed by atoms with E-state index in [0.29, 0.717) is 16.9 Å². The molecule has 2 aromatic carbocycles. The molecule has 0 amide bonds. The van der Waals surface area contributed by atoms with Crippen LogP contribution in [0.25, 0.3) is 0 Å². The summed E-state index contributed by atoms with van der Waals surface area (Å²) < 4.78 is 23.3. The van der Waals surface area contributed by atoms with Crippen LogP contribution in [-0.4, -0.2) is 35.7 Å². The Labute approximate surface area is 169 Å². The largest absolute Gasteiger partial charge is 0.459 e. The van der Waals surface area contributed by atoms with Crippen LogP contribution in [0.5, 0.6) is 5.75 Å². The Balaban J connectivity index is 1.79. The Morgan fingerprint density at radius 3 is 2.24 bits per heavy atom. The number of esters is 2. The van der Waals surface area contributed by atoms with Crippen molar-refractivity contribution in [3.63, 3.8) is 0 Å². The van der Waals surface area contributed by atoms with Gasteiger partial charge in [0, 0.05) is 6.54 Å². The number of aliphatic hydroxyl groups excluding tert-OH is 1. The molecule has 2 aromatic rings. The fourth-order valence-corrected chi connectivity index (χ4v) is 2.50. The number of aliphatic hydroxyl groups is 1. The minimum absolute atomic E-state index is 0.00654. The monoisotopic (exact) mass is 403 g/mol. The van der Waals surface area contributed by atoms with Crippen molar-refractivity contribution in [3.05, 3.63) is 65.5 Å². The number of nitrogens with one attached hydrogen (secondary N) is 1. The molecule has 1 unspecified atom stereocenters. The molecule has 0 fully saturated rings. The minimum atomic E-state index is -0.832. The second-order valence-corrected chi connectivity index (χ2v) is 7.58. The van der Waals surface area contributed by atoms with Crippen LogP contribution in [0, 0.1) is 5.82 Å². The Morgan fingerprint density at radius 1 is 1.03 bits per heavy atom. The van der Waals surface area contributed by atoms with Gasteiger partial charge in [-0.25, -0.2) is 4.39 Å². The van der Waals surface area contributed by atoms with Crippen LogP contribution in [0.2, 0.25) is 0 Å². The summed E-state index contributed by atoms with van der Waals surface area (Å²) in [6, 6.07) is 12.1. The molecule has 2 rings (SSSR count). The van der Waals surface area contributed by atoms with Gasteiger partial charge in [0.2, 0.25) is 0 Å².